The lowest BCUT2D eigenvalue weighted by Gasteiger charge is -2.46. The molecule has 1 N–H and O–H groups in total. The molecule has 3 atom stereocenters. The number of carbonyl (C=O) groups is 2. The molecule has 0 spiro atoms. The van der Waals surface area contributed by atoms with Crippen LogP contribution in [-0.2, 0) is 4.79 Å². The van der Waals surface area contributed by atoms with E-state index in [-0.39, 0.29) is 23.1 Å². The lowest BCUT2D eigenvalue weighted by atomic mass is 9.70. The molecular formula is C27H33ClN2O2. The van der Waals surface area contributed by atoms with Crippen LogP contribution in [0.1, 0.15) is 68.3 Å². The third-order valence-electron chi connectivity index (χ3n) is 7.50. The number of piperidine rings is 1. The van der Waals surface area contributed by atoms with Gasteiger partial charge in [-0.15, -0.1) is 0 Å². The number of benzene rings is 2. The number of halogens is 1. The van der Waals surface area contributed by atoms with Crippen molar-refractivity contribution in [2.45, 2.75) is 57.9 Å². The second kappa shape index (κ2) is 8.90. The maximum absolute atomic E-state index is 13.7. The number of nitrogens with zero attached hydrogens (tertiary/aromatic N) is 1. The highest BCUT2D eigenvalue weighted by Crippen LogP contribution is 2.44. The fourth-order valence-electron chi connectivity index (χ4n) is 5.71. The van der Waals surface area contributed by atoms with E-state index in [2.05, 4.69) is 31.3 Å². The first-order valence-electron chi connectivity index (χ1n) is 11.6. The predicted molar refractivity (Wildman–Crippen MR) is 129 cm³/mol. The Morgan fingerprint density at radius 2 is 1.69 bits per heavy atom. The Bertz CT molecular complexity index is 973. The lowest BCUT2D eigenvalue weighted by Crippen LogP contribution is -2.56. The molecule has 0 aromatic heterocycles. The fourth-order valence-corrected chi connectivity index (χ4v) is 5.84. The average Bonchev–Trinajstić information content (AvgIpc) is 3.14. The number of nitrogens with one attached hydrogen (secondary N) is 1. The van der Waals surface area contributed by atoms with Crippen LogP contribution in [0.15, 0.2) is 54.6 Å². The lowest BCUT2D eigenvalue weighted by molar-refractivity contribution is -0.140. The van der Waals surface area contributed by atoms with E-state index in [1.807, 2.05) is 54.3 Å². The van der Waals surface area contributed by atoms with E-state index in [1.54, 1.807) is 0 Å². The van der Waals surface area contributed by atoms with Crippen molar-refractivity contribution in [1.29, 1.82) is 0 Å². The molecular weight excluding hydrogens is 420 g/mol. The van der Waals surface area contributed by atoms with Gasteiger partial charge in [0.05, 0.1) is 5.92 Å². The number of hydrogen-bond acceptors (Lipinski definition) is 2. The van der Waals surface area contributed by atoms with Gasteiger partial charge in [0.15, 0.2) is 0 Å². The van der Waals surface area contributed by atoms with Gasteiger partial charge in [-0.3, -0.25) is 9.59 Å². The summed E-state index contributed by atoms with van der Waals surface area (Å²) in [6.07, 6.45) is 3.53. The molecule has 170 valence electrons. The average molecular weight is 453 g/mol. The molecule has 2 amide bonds. The van der Waals surface area contributed by atoms with Gasteiger partial charge in [-0.05, 0) is 67.3 Å². The highest BCUT2D eigenvalue weighted by atomic mass is 35.5. The first-order chi connectivity index (χ1) is 15.2. The summed E-state index contributed by atoms with van der Waals surface area (Å²) in [4.78, 5) is 28.5. The summed E-state index contributed by atoms with van der Waals surface area (Å²) in [5.74, 6) is 0.283. The van der Waals surface area contributed by atoms with Crippen molar-refractivity contribution in [2.24, 2.45) is 11.3 Å². The molecule has 1 saturated carbocycles. The van der Waals surface area contributed by atoms with Gasteiger partial charge in [-0.25, -0.2) is 0 Å². The van der Waals surface area contributed by atoms with Crippen LogP contribution < -0.4 is 5.32 Å². The van der Waals surface area contributed by atoms with Crippen LogP contribution >= 0.6 is 11.6 Å². The number of likely N-dealkylation sites (tertiary alicyclic amines) is 1. The molecule has 5 heteroatoms. The third-order valence-corrected chi connectivity index (χ3v) is 7.76. The molecule has 0 bridgehead atoms. The van der Waals surface area contributed by atoms with Crippen LogP contribution in [0, 0.1) is 11.3 Å². The second-order valence-corrected chi connectivity index (χ2v) is 10.8. The largest absolute Gasteiger partial charge is 0.346 e. The van der Waals surface area contributed by atoms with Gasteiger partial charge in [0.1, 0.15) is 0 Å². The fraction of sp³-hybridized carbons (Fsp3) is 0.481. The number of carbonyl (C=O) groups excluding carboxylic acids is 2. The van der Waals surface area contributed by atoms with E-state index in [4.69, 9.17) is 11.6 Å². The molecule has 1 heterocycles. The summed E-state index contributed by atoms with van der Waals surface area (Å²) in [7, 11) is 0. The standard InChI is InChI=1S/C27H33ClN2O2/c1-26(2)18-30(17-15-22(26)19-11-13-21(28)14-12-19)25(32)23-10-7-16-27(23,3)29-24(31)20-8-5-4-6-9-20/h4-6,8-9,11-14,22-23H,7,10,15-18H2,1-3H3,(H,29,31)/t22?,23-,27-/m1/s1. The van der Waals surface area contributed by atoms with Gasteiger partial charge in [0.25, 0.3) is 5.91 Å². The van der Waals surface area contributed by atoms with E-state index in [0.717, 1.165) is 43.8 Å². The van der Waals surface area contributed by atoms with Crippen molar-refractivity contribution in [3.8, 4) is 0 Å². The molecule has 2 aromatic carbocycles. The minimum Gasteiger partial charge on any atom is -0.346 e. The highest BCUT2D eigenvalue weighted by Gasteiger charge is 2.48. The summed E-state index contributed by atoms with van der Waals surface area (Å²) in [5.41, 5.74) is 1.37. The van der Waals surface area contributed by atoms with Crippen molar-refractivity contribution in [3.63, 3.8) is 0 Å². The normalized spacial score (nSPS) is 27.2. The van der Waals surface area contributed by atoms with E-state index in [1.165, 1.54) is 5.56 Å². The Hall–Kier alpha value is -2.33. The first kappa shape index (κ1) is 22.8. The molecule has 2 fully saturated rings. The van der Waals surface area contributed by atoms with E-state index in [0.29, 0.717) is 11.5 Å². The summed E-state index contributed by atoms with van der Waals surface area (Å²) < 4.78 is 0. The van der Waals surface area contributed by atoms with Crippen LogP contribution in [0.5, 0.6) is 0 Å². The molecule has 2 aliphatic rings. The van der Waals surface area contributed by atoms with Crippen molar-refractivity contribution in [2.75, 3.05) is 13.1 Å². The molecule has 4 rings (SSSR count). The maximum Gasteiger partial charge on any atom is 0.251 e. The summed E-state index contributed by atoms with van der Waals surface area (Å²) >= 11 is 6.08. The SMILES string of the molecule is CC1(C)CN(C(=O)[C@H]2CCC[C@@]2(C)NC(=O)c2ccccc2)CCC1c1ccc(Cl)cc1. The maximum atomic E-state index is 13.7. The van der Waals surface area contributed by atoms with Gasteiger partial charge in [0.2, 0.25) is 5.91 Å². The third kappa shape index (κ3) is 4.56. The molecule has 1 aliphatic carbocycles. The molecule has 32 heavy (non-hydrogen) atoms. The molecule has 1 saturated heterocycles. The zero-order chi connectivity index (χ0) is 22.9. The molecule has 4 nitrogen and oxygen atoms in total. The highest BCUT2D eigenvalue weighted by molar-refractivity contribution is 6.30. The Kier molecular flexibility index (Phi) is 6.35. The van der Waals surface area contributed by atoms with E-state index in [9.17, 15) is 9.59 Å². The van der Waals surface area contributed by atoms with Crippen LogP contribution in [0.2, 0.25) is 5.02 Å². The quantitative estimate of drug-likeness (QED) is 0.649. The Morgan fingerprint density at radius 1 is 1.00 bits per heavy atom. The van der Waals surface area contributed by atoms with Crippen LogP contribution in [0.4, 0.5) is 0 Å². The van der Waals surface area contributed by atoms with Gasteiger partial charge >= 0.3 is 0 Å². The van der Waals surface area contributed by atoms with Gasteiger partial charge in [-0.1, -0.05) is 62.2 Å². The van der Waals surface area contributed by atoms with E-state index < -0.39 is 5.54 Å². The van der Waals surface area contributed by atoms with Gasteiger partial charge in [0, 0.05) is 29.2 Å². The van der Waals surface area contributed by atoms with Gasteiger partial charge < -0.3 is 10.2 Å². The van der Waals surface area contributed by atoms with E-state index >= 15 is 0 Å². The van der Waals surface area contributed by atoms with Gasteiger partial charge in [-0.2, -0.15) is 0 Å². The monoisotopic (exact) mass is 452 g/mol. The smallest absolute Gasteiger partial charge is 0.251 e. The molecule has 1 unspecified atom stereocenters. The minimum atomic E-state index is -0.513. The van der Waals surface area contributed by atoms with Crippen molar-refractivity contribution in [3.05, 3.63) is 70.7 Å². The van der Waals surface area contributed by atoms with Crippen molar-refractivity contribution < 1.29 is 9.59 Å². The molecule has 0 radical (unpaired) electrons. The van der Waals surface area contributed by atoms with Crippen molar-refractivity contribution >= 4 is 23.4 Å². The summed E-state index contributed by atoms with van der Waals surface area (Å²) in [6.45, 7) is 8.00. The van der Waals surface area contributed by atoms with Crippen LogP contribution in [-0.4, -0.2) is 35.3 Å². The molecule has 2 aromatic rings. The second-order valence-electron chi connectivity index (χ2n) is 10.3. The first-order valence-corrected chi connectivity index (χ1v) is 12.0. The van der Waals surface area contributed by atoms with Crippen molar-refractivity contribution in [1.82, 2.24) is 10.2 Å². The van der Waals surface area contributed by atoms with Crippen LogP contribution in [0.3, 0.4) is 0 Å². The number of amides is 2. The molecule has 1 aliphatic heterocycles. The number of rotatable bonds is 4. The Morgan fingerprint density at radius 3 is 2.34 bits per heavy atom. The summed E-state index contributed by atoms with van der Waals surface area (Å²) in [5, 5.41) is 3.95. The summed E-state index contributed by atoms with van der Waals surface area (Å²) in [6, 6.07) is 17.4. The topological polar surface area (TPSA) is 49.4 Å². The Labute approximate surface area is 196 Å². The zero-order valence-corrected chi connectivity index (χ0v) is 20.0. The predicted octanol–water partition coefficient (Wildman–Crippen LogP) is 5.67. The minimum absolute atomic E-state index is 0.0377. The van der Waals surface area contributed by atoms with Crippen LogP contribution in [0.25, 0.3) is 0 Å². The number of hydrogen-bond donors (Lipinski definition) is 1. The Balaban J connectivity index is 1.46. The zero-order valence-electron chi connectivity index (χ0n) is 19.2.